The fourth-order valence-corrected chi connectivity index (χ4v) is 2.72. The third-order valence-corrected chi connectivity index (χ3v) is 4.66. The van der Waals surface area contributed by atoms with Gasteiger partial charge in [0.05, 0.1) is 23.1 Å². The fraction of sp³-hybridized carbons (Fsp3) is 0.273. The molecular weight excluding hydrogens is 316 g/mol. The molecule has 0 fully saturated rings. The monoisotopic (exact) mass is 328 g/mol. The van der Waals surface area contributed by atoms with E-state index in [4.69, 9.17) is 0 Å². The summed E-state index contributed by atoms with van der Waals surface area (Å²) in [7, 11) is -0.168. The Hall–Kier alpha value is -2.53. The number of nitro benzene ring substituents is 1. The van der Waals surface area contributed by atoms with Crippen LogP contribution in [0.15, 0.2) is 18.5 Å². The molecule has 2 aromatic rings. The summed E-state index contributed by atoms with van der Waals surface area (Å²) in [5, 5.41) is 11.1. The van der Waals surface area contributed by atoms with Gasteiger partial charge in [0.1, 0.15) is 11.9 Å². The van der Waals surface area contributed by atoms with Crippen molar-refractivity contribution >= 4 is 32.9 Å². The highest BCUT2D eigenvalue weighted by atomic mass is 32.2. The Balaban J connectivity index is 2.81. The van der Waals surface area contributed by atoms with Crippen molar-refractivity contribution in [1.29, 1.82) is 0 Å². The highest BCUT2D eigenvalue weighted by Crippen LogP contribution is 2.27. The van der Waals surface area contributed by atoms with Crippen molar-refractivity contribution in [3.63, 3.8) is 0 Å². The van der Waals surface area contributed by atoms with Crippen LogP contribution in [0.5, 0.6) is 0 Å². The van der Waals surface area contributed by atoms with Gasteiger partial charge in [0.2, 0.25) is 0 Å². The van der Waals surface area contributed by atoms with Crippen LogP contribution in [0.3, 0.4) is 0 Å². The highest BCUT2D eigenvalue weighted by Gasteiger charge is 2.26. The Bertz CT molecular complexity index is 870. The first-order chi connectivity index (χ1) is 10.2. The zero-order valence-electron chi connectivity index (χ0n) is 11.9. The number of benzene rings is 1. The van der Waals surface area contributed by atoms with E-state index in [1.54, 1.807) is 0 Å². The van der Waals surface area contributed by atoms with Gasteiger partial charge in [0.15, 0.2) is 0 Å². The van der Waals surface area contributed by atoms with Crippen LogP contribution in [0, 0.1) is 10.1 Å². The summed E-state index contributed by atoms with van der Waals surface area (Å²) in [6.45, 7) is 0. The number of nitrogens with zero attached hydrogens (tertiary/aromatic N) is 4. The molecule has 0 unspecified atom stereocenters. The largest absolute Gasteiger partial charge is 0.465 e. The number of carbonyl (C=O) groups excluding carboxylic acids is 1. The molecular formula is C11H12N4O6S. The Morgan fingerprint density at radius 1 is 1.41 bits per heavy atom. The smallest absolute Gasteiger partial charge is 0.344 e. The summed E-state index contributed by atoms with van der Waals surface area (Å²) in [4.78, 5) is 25.8. The van der Waals surface area contributed by atoms with Crippen LogP contribution in [0.4, 0.5) is 5.69 Å². The second-order valence-electron chi connectivity index (χ2n) is 4.44. The predicted molar refractivity (Wildman–Crippen MR) is 75.7 cm³/mol. The molecule has 0 radical (unpaired) electrons. The first kappa shape index (κ1) is 15.9. The Kier molecular flexibility index (Phi) is 3.85. The van der Waals surface area contributed by atoms with E-state index in [9.17, 15) is 23.3 Å². The molecule has 0 aliphatic heterocycles. The molecule has 22 heavy (non-hydrogen) atoms. The Morgan fingerprint density at radius 3 is 2.55 bits per heavy atom. The maximum atomic E-state index is 12.2. The molecule has 0 amide bonds. The van der Waals surface area contributed by atoms with Crippen LogP contribution >= 0.6 is 0 Å². The maximum Gasteiger partial charge on any atom is 0.344 e. The number of fused-ring (bicyclic) bond motifs is 1. The standard InChI is InChI=1S/C11H12N4O6S/c1-13(2)22(19,20)14-6-12-8-4-7(11(16)21-3)9(15(17)18)5-10(8)14/h4-6H,1-3H3. The predicted octanol–water partition coefficient (Wildman–Crippen LogP) is 0.386. The normalized spacial score (nSPS) is 11.8. The van der Waals surface area contributed by atoms with Crippen molar-refractivity contribution in [2.45, 2.75) is 0 Å². The molecule has 2 rings (SSSR count). The van der Waals surface area contributed by atoms with Gasteiger partial charge in [-0.1, -0.05) is 0 Å². The minimum absolute atomic E-state index is 0.00643. The van der Waals surface area contributed by atoms with Gasteiger partial charge in [0, 0.05) is 20.2 Å². The summed E-state index contributed by atoms with van der Waals surface area (Å²) in [6.07, 6.45) is 1.02. The summed E-state index contributed by atoms with van der Waals surface area (Å²) < 4.78 is 30.5. The number of aromatic nitrogens is 2. The molecule has 0 saturated heterocycles. The number of methoxy groups -OCH3 is 1. The Morgan fingerprint density at radius 2 is 2.05 bits per heavy atom. The number of rotatable bonds is 4. The zero-order valence-corrected chi connectivity index (χ0v) is 12.7. The lowest BCUT2D eigenvalue weighted by molar-refractivity contribution is -0.385. The van der Waals surface area contributed by atoms with Crippen molar-refractivity contribution in [3.05, 3.63) is 34.1 Å². The molecule has 0 spiro atoms. The molecule has 0 N–H and O–H groups in total. The van der Waals surface area contributed by atoms with Crippen LogP contribution in [-0.2, 0) is 14.9 Å². The van der Waals surface area contributed by atoms with E-state index < -0.39 is 26.8 Å². The van der Waals surface area contributed by atoms with Crippen molar-refractivity contribution in [2.24, 2.45) is 0 Å². The minimum atomic E-state index is -3.89. The summed E-state index contributed by atoms with van der Waals surface area (Å²) in [5.41, 5.74) is -0.743. The van der Waals surface area contributed by atoms with Crippen molar-refractivity contribution in [2.75, 3.05) is 21.2 Å². The minimum Gasteiger partial charge on any atom is -0.465 e. The Labute approximate surface area is 125 Å². The van der Waals surface area contributed by atoms with E-state index in [0.717, 1.165) is 33.8 Å². The SMILES string of the molecule is COC(=O)c1cc2ncn(S(=O)(=O)N(C)C)c2cc1[N+](=O)[O-]. The van der Waals surface area contributed by atoms with Crippen molar-refractivity contribution in [3.8, 4) is 0 Å². The quantitative estimate of drug-likeness (QED) is 0.451. The number of carbonyl (C=O) groups is 1. The third kappa shape index (κ3) is 2.40. The first-order valence-electron chi connectivity index (χ1n) is 5.87. The second kappa shape index (κ2) is 5.35. The molecule has 0 atom stereocenters. The van der Waals surface area contributed by atoms with Crippen LogP contribution in [0.2, 0.25) is 0 Å². The summed E-state index contributed by atoms with van der Waals surface area (Å²) >= 11 is 0. The lowest BCUT2D eigenvalue weighted by Gasteiger charge is -2.12. The molecule has 0 saturated carbocycles. The van der Waals surface area contributed by atoms with Gasteiger partial charge in [-0.3, -0.25) is 10.1 Å². The van der Waals surface area contributed by atoms with Gasteiger partial charge in [-0.15, -0.1) is 0 Å². The van der Waals surface area contributed by atoms with E-state index in [1.165, 1.54) is 14.1 Å². The lowest BCUT2D eigenvalue weighted by Crippen LogP contribution is -2.28. The molecule has 11 heteroatoms. The van der Waals surface area contributed by atoms with E-state index in [0.29, 0.717) is 0 Å². The maximum absolute atomic E-state index is 12.2. The molecule has 1 aromatic heterocycles. The lowest BCUT2D eigenvalue weighted by atomic mass is 10.1. The van der Waals surface area contributed by atoms with Crippen molar-refractivity contribution < 1.29 is 22.9 Å². The summed E-state index contributed by atoms with van der Waals surface area (Å²) in [6, 6.07) is 2.11. The van der Waals surface area contributed by atoms with Crippen LogP contribution < -0.4 is 0 Å². The topological polar surface area (TPSA) is 125 Å². The third-order valence-electron chi connectivity index (χ3n) is 2.94. The molecule has 1 heterocycles. The van der Waals surface area contributed by atoms with Gasteiger partial charge in [-0.25, -0.2) is 13.8 Å². The van der Waals surface area contributed by atoms with Crippen LogP contribution in [-0.4, -0.2) is 53.8 Å². The number of hydrogen-bond donors (Lipinski definition) is 0. The molecule has 1 aromatic carbocycles. The molecule has 118 valence electrons. The van der Waals surface area contributed by atoms with Gasteiger partial charge in [-0.05, 0) is 6.07 Å². The molecule has 10 nitrogen and oxygen atoms in total. The fourth-order valence-electron chi connectivity index (χ4n) is 1.81. The molecule has 0 aliphatic rings. The van der Waals surface area contributed by atoms with Gasteiger partial charge in [0.25, 0.3) is 5.69 Å². The average molecular weight is 328 g/mol. The van der Waals surface area contributed by atoms with Gasteiger partial charge < -0.3 is 4.74 Å². The number of nitro groups is 1. The molecule has 0 aliphatic carbocycles. The second-order valence-corrected chi connectivity index (χ2v) is 6.46. The van der Waals surface area contributed by atoms with Crippen LogP contribution in [0.1, 0.15) is 10.4 Å². The van der Waals surface area contributed by atoms with Gasteiger partial charge >= 0.3 is 16.2 Å². The van der Waals surface area contributed by atoms with E-state index in [1.807, 2.05) is 0 Å². The summed E-state index contributed by atoms with van der Waals surface area (Å²) in [5.74, 6) is -0.904. The van der Waals surface area contributed by atoms with E-state index in [-0.39, 0.29) is 16.6 Å². The first-order valence-corrected chi connectivity index (χ1v) is 7.26. The van der Waals surface area contributed by atoms with Crippen LogP contribution in [0.25, 0.3) is 11.0 Å². The van der Waals surface area contributed by atoms with E-state index in [2.05, 4.69) is 9.72 Å². The molecule has 0 bridgehead atoms. The number of esters is 1. The van der Waals surface area contributed by atoms with Gasteiger partial charge in [-0.2, -0.15) is 12.7 Å². The zero-order chi connectivity index (χ0) is 16.7. The number of ether oxygens (including phenoxy) is 1. The van der Waals surface area contributed by atoms with Crippen molar-refractivity contribution in [1.82, 2.24) is 13.3 Å². The number of imidazole rings is 1. The highest BCUT2D eigenvalue weighted by molar-refractivity contribution is 7.87. The average Bonchev–Trinajstić information content (AvgIpc) is 2.88. The van der Waals surface area contributed by atoms with E-state index >= 15 is 0 Å². The number of hydrogen-bond acceptors (Lipinski definition) is 7.